The number of nitrogens with one attached hydrogen (secondary N) is 1. The van der Waals surface area contributed by atoms with Crippen LogP contribution in [-0.4, -0.2) is 26.6 Å². The molecule has 0 radical (unpaired) electrons. The average molecular weight is 414 g/mol. The molecule has 0 bridgehead atoms. The lowest BCUT2D eigenvalue weighted by atomic mass is 9.99. The van der Waals surface area contributed by atoms with Crippen molar-refractivity contribution in [3.05, 3.63) is 59.7 Å². The van der Waals surface area contributed by atoms with E-state index in [-0.39, 0.29) is 11.4 Å². The van der Waals surface area contributed by atoms with Gasteiger partial charge in [-0.2, -0.15) is 5.10 Å². The minimum Gasteiger partial charge on any atom is -0.271 e. The van der Waals surface area contributed by atoms with Gasteiger partial charge in [-0.25, -0.2) is 13.8 Å². The highest BCUT2D eigenvalue weighted by atomic mass is 32.2. The van der Waals surface area contributed by atoms with Crippen LogP contribution in [0.4, 0.5) is 5.69 Å². The molecule has 29 heavy (non-hydrogen) atoms. The average Bonchev–Trinajstić information content (AvgIpc) is 2.71. The maximum absolute atomic E-state index is 13.3. The van der Waals surface area contributed by atoms with Crippen LogP contribution in [0.2, 0.25) is 0 Å². The molecule has 1 fully saturated rings. The minimum atomic E-state index is -3.90. The molecule has 1 aliphatic rings. The third kappa shape index (κ3) is 5.44. The van der Waals surface area contributed by atoms with Crippen LogP contribution >= 0.6 is 0 Å². The number of amides is 1. The second-order valence-corrected chi connectivity index (χ2v) is 9.31. The summed E-state index contributed by atoms with van der Waals surface area (Å²) in [5.74, 6) is -0.457. The fraction of sp³-hybridized carbons (Fsp3) is 0.364. The zero-order valence-electron chi connectivity index (χ0n) is 16.9. The van der Waals surface area contributed by atoms with Crippen molar-refractivity contribution in [2.45, 2.75) is 50.8 Å². The van der Waals surface area contributed by atoms with Gasteiger partial charge in [0.05, 0.1) is 10.6 Å². The zero-order chi connectivity index (χ0) is 20.9. The van der Waals surface area contributed by atoms with Crippen molar-refractivity contribution in [3.8, 4) is 0 Å². The number of carbonyl (C=O) groups is 1. The second kappa shape index (κ2) is 9.22. The van der Waals surface area contributed by atoms with E-state index in [1.165, 1.54) is 18.6 Å². The van der Waals surface area contributed by atoms with Gasteiger partial charge < -0.3 is 0 Å². The van der Waals surface area contributed by atoms with Gasteiger partial charge in [-0.1, -0.05) is 30.7 Å². The number of hydrogen-bond donors (Lipinski definition) is 1. The molecule has 3 rings (SSSR count). The largest absolute Gasteiger partial charge is 0.271 e. The lowest BCUT2D eigenvalue weighted by Gasteiger charge is -2.24. The van der Waals surface area contributed by atoms with Crippen molar-refractivity contribution in [1.29, 1.82) is 0 Å². The van der Waals surface area contributed by atoms with Crippen LogP contribution in [0.25, 0.3) is 0 Å². The normalized spacial score (nSPS) is 14.3. The minimum absolute atomic E-state index is 0.144. The molecule has 1 amide bonds. The van der Waals surface area contributed by atoms with E-state index in [4.69, 9.17) is 0 Å². The van der Waals surface area contributed by atoms with Crippen LogP contribution in [0.3, 0.4) is 0 Å². The van der Waals surface area contributed by atoms with Gasteiger partial charge in [-0.3, -0.25) is 9.10 Å². The highest BCUT2D eigenvalue weighted by Crippen LogP contribution is 2.25. The van der Waals surface area contributed by atoms with E-state index >= 15 is 0 Å². The van der Waals surface area contributed by atoms with Crippen LogP contribution in [0.5, 0.6) is 0 Å². The number of hydrogen-bond acceptors (Lipinski definition) is 4. The Morgan fingerprint density at radius 1 is 1.00 bits per heavy atom. The maximum Gasteiger partial charge on any atom is 0.264 e. The van der Waals surface area contributed by atoms with Gasteiger partial charge >= 0.3 is 0 Å². The fourth-order valence-electron chi connectivity index (χ4n) is 3.51. The van der Waals surface area contributed by atoms with E-state index in [0.717, 1.165) is 46.8 Å². The summed E-state index contributed by atoms with van der Waals surface area (Å²) in [6.45, 7) is 3.47. The molecule has 1 N–H and O–H groups in total. The lowest BCUT2D eigenvalue weighted by Crippen LogP contribution is -2.40. The first-order chi connectivity index (χ1) is 13.9. The van der Waals surface area contributed by atoms with Crippen molar-refractivity contribution >= 4 is 27.3 Å². The molecule has 2 aromatic carbocycles. The SMILES string of the molecule is Cc1cc(C)cc(N(CC(=O)NN=C2CCCCC2)S(=O)(=O)c2ccccc2)c1. The lowest BCUT2D eigenvalue weighted by molar-refractivity contribution is -0.119. The van der Waals surface area contributed by atoms with Crippen molar-refractivity contribution in [2.75, 3.05) is 10.8 Å². The third-order valence-corrected chi connectivity index (χ3v) is 6.67. The molecule has 0 aromatic heterocycles. The van der Waals surface area contributed by atoms with Gasteiger partial charge in [0.1, 0.15) is 6.54 Å². The number of sulfonamides is 1. The van der Waals surface area contributed by atoms with Gasteiger partial charge in [0.15, 0.2) is 0 Å². The van der Waals surface area contributed by atoms with Gasteiger partial charge in [0, 0.05) is 5.71 Å². The number of nitrogens with zero attached hydrogens (tertiary/aromatic N) is 2. The molecule has 2 aromatic rings. The van der Waals surface area contributed by atoms with Crippen molar-refractivity contribution in [3.63, 3.8) is 0 Å². The first-order valence-corrected chi connectivity index (χ1v) is 11.3. The molecule has 0 unspecified atom stereocenters. The molecule has 0 heterocycles. The van der Waals surface area contributed by atoms with Crippen molar-refractivity contribution < 1.29 is 13.2 Å². The molecule has 0 aliphatic heterocycles. The van der Waals surface area contributed by atoms with Crippen LogP contribution < -0.4 is 9.73 Å². The summed E-state index contributed by atoms with van der Waals surface area (Å²) in [5, 5.41) is 4.22. The summed E-state index contributed by atoms with van der Waals surface area (Å²) in [6, 6.07) is 13.7. The van der Waals surface area contributed by atoms with E-state index in [9.17, 15) is 13.2 Å². The summed E-state index contributed by atoms with van der Waals surface area (Å²) in [7, 11) is -3.90. The first kappa shape index (κ1) is 21.0. The van der Waals surface area contributed by atoms with Gasteiger partial charge in [0.25, 0.3) is 15.9 Å². The molecular formula is C22H27N3O3S. The van der Waals surface area contributed by atoms with Crippen molar-refractivity contribution in [1.82, 2.24) is 5.43 Å². The smallest absolute Gasteiger partial charge is 0.264 e. The summed E-state index contributed by atoms with van der Waals surface area (Å²) in [5.41, 5.74) is 5.83. The zero-order valence-corrected chi connectivity index (χ0v) is 17.7. The van der Waals surface area contributed by atoms with Crippen LogP contribution in [0, 0.1) is 13.8 Å². The number of rotatable bonds is 6. The molecule has 0 atom stereocenters. The molecule has 7 heteroatoms. The quantitative estimate of drug-likeness (QED) is 0.729. The molecule has 1 aliphatic carbocycles. The molecular weight excluding hydrogens is 386 g/mol. The predicted octanol–water partition coefficient (Wildman–Crippen LogP) is 3.94. The van der Waals surface area contributed by atoms with E-state index in [1.54, 1.807) is 30.3 Å². The fourth-order valence-corrected chi connectivity index (χ4v) is 4.93. The Labute approximate surface area is 172 Å². The summed E-state index contributed by atoms with van der Waals surface area (Å²) in [4.78, 5) is 12.7. The number of aryl methyl sites for hydroxylation is 2. The Morgan fingerprint density at radius 3 is 2.24 bits per heavy atom. The van der Waals surface area contributed by atoms with Crippen LogP contribution in [0.1, 0.15) is 43.2 Å². The number of hydrazone groups is 1. The standard InChI is InChI=1S/C22H27N3O3S/c1-17-13-18(2)15-20(14-17)25(29(27,28)21-11-7-4-8-12-21)16-22(26)24-23-19-9-5-3-6-10-19/h4,7-8,11-15H,3,5-6,9-10,16H2,1-2H3,(H,24,26). The van der Waals surface area contributed by atoms with Crippen molar-refractivity contribution in [2.24, 2.45) is 5.10 Å². The van der Waals surface area contributed by atoms with E-state index in [0.29, 0.717) is 5.69 Å². The topological polar surface area (TPSA) is 78.8 Å². The molecule has 1 saturated carbocycles. The summed E-state index contributed by atoms with van der Waals surface area (Å²) < 4.78 is 27.8. The van der Waals surface area contributed by atoms with E-state index in [1.807, 2.05) is 19.9 Å². The number of anilines is 1. The van der Waals surface area contributed by atoms with Crippen LogP contribution in [-0.2, 0) is 14.8 Å². The molecule has 0 saturated heterocycles. The Balaban J connectivity index is 1.89. The third-order valence-electron chi connectivity index (χ3n) is 4.88. The van der Waals surface area contributed by atoms with Gasteiger partial charge in [0.2, 0.25) is 0 Å². The van der Waals surface area contributed by atoms with Gasteiger partial charge in [-0.05, 0) is 74.9 Å². The highest BCUT2D eigenvalue weighted by molar-refractivity contribution is 7.92. The number of carbonyl (C=O) groups excluding carboxylic acids is 1. The Bertz CT molecular complexity index is 973. The molecule has 154 valence electrons. The maximum atomic E-state index is 13.3. The van der Waals surface area contributed by atoms with E-state index < -0.39 is 15.9 Å². The second-order valence-electron chi connectivity index (χ2n) is 7.44. The Kier molecular flexibility index (Phi) is 6.69. The summed E-state index contributed by atoms with van der Waals surface area (Å²) >= 11 is 0. The van der Waals surface area contributed by atoms with Gasteiger partial charge in [-0.15, -0.1) is 0 Å². The van der Waals surface area contributed by atoms with E-state index in [2.05, 4.69) is 10.5 Å². The first-order valence-electron chi connectivity index (χ1n) is 9.86. The Hall–Kier alpha value is -2.67. The predicted molar refractivity (Wildman–Crippen MR) is 116 cm³/mol. The monoisotopic (exact) mass is 413 g/mol. The molecule has 0 spiro atoms. The summed E-state index contributed by atoms with van der Waals surface area (Å²) in [6.07, 6.45) is 5.09. The van der Waals surface area contributed by atoms with Crippen LogP contribution in [0.15, 0.2) is 58.5 Å². The number of benzene rings is 2. The molecule has 6 nitrogen and oxygen atoms in total. The Morgan fingerprint density at radius 2 is 1.62 bits per heavy atom. The highest BCUT2D eigenvalue weighted by Gasteiger charge is 2.27.